The standard InChI is InChI=1S/C18H25N3O3S/c1-5-7-21-13(2)9-15(14(21)3)10-16(11-19)18(22)20(4)17-6-8-25(23,24)12-17/h9-10,17H,5-8,12H2,1-4H3/b16-10+. The Morgan fingerprint density at radius 2 is 2.16 bits per heavy atom. The monoisotopic (exact) mass is 363 g/mol. The van der Waals surface area contributed by atoms with Crippen molar-refractivity contribution in [3.05, 3.63) is 28.6 Å². The summed E-state index contributed by atoms with van der Waals surface area (Å²) >= 11 is 0. The molecule has 1 aromatic rings. The van der Waals surface area contributed by atoms with Gasteiger partial charge in [-0.1, -0.05) is 6.92 Å². The number of aromatic nitrogens is 1. The molecule has 2 heterocycles. The van der Waals surface area contributed by atoms with Crippen LogP contribution in [0.15, 0.2) is 11.6 Å². The fourth-order valence-electron chi connectivity index (χ4n) is 3.28. The van der Waals surface area contributed by atoms with Crippen LogP contribution in [0, 0.1) is 25.2 Å². The largest absolute Gasteiger partial charge is 0.349 e. The van der Waals surface area contributed by atoms with Crippen molar-refractivity contribution < 1.29 is 13.2 Å². The van der Waals surface area contributed by atoms with E-state index in [1.54, 1.807) is 13.1 Å². The number of hydrogen-bond donors (Lipinski definition) is 0. The maximum atomic E-state index is 12.6. The lowest BCUT2D eigenvalue weighted by Gasteiger charge is -2.22. The van der Waals surface area contributed by atoms with Gasteiger partial charge < -0.3 is 9.47 Å². The van der Waals surface area contributed by atoms with Crippen molar-refractivity contribution in [1.29, 1.82) is 5.26 Å². The van der Waals surface area contributed by atoms with Crippen molar-refractivity contribution in [3.8, 4) is 6.07 Å². The van der Waals surface area contributed by atoms with E-state index in [0.29, 0.717) is 6.42 Å². The molecule has 2 rings (SSSR count). The molecule has 25 heavy (non-hydrogen) atoms. The molecule has 0 saturated carbocycles. The van der Waals surface area contributed by atoms with Gasteiger partial charge in [-0.05, 0) is 44.4 Å². The van der Waals surface area contributed by atoms with Crippen LogP contribution < -0.4 is 0 Å². The summed E-state index contributed by atoms with van der Waals surface area (Å²) in [6.07, 6.45) is 3.04. The Morgan fingerprint density at radius 1 is 1.48 bits per heavy atom. The van der Waals surface area contributed by atoms with Crippen LogP contribution in [0.25, 0.3) is 6.08 Å². The van der Waals surface area contributed by atoms with Crippen LogP contribution in [0.2, 0.25) is 0 Å². The lowest BCUT2D eigenvalue weighted by molar-refractivity contribution is -0.126. The molecule has 6 nitrogen and oxygen atoms in total. The summed E-state index contributed by atoms with van der Waals surface area (Å²) in [5, 5.41) is 9.43. The smallest absolute Gasteiger partial charge is 0.264 e. The molecule has 1 aliphatic rings. The van der Waals surface area contributed by atoms with Crippen molar-refractivity contribution in [2.24, 2.45) is 0 Å². The second kappa shape index (κ2) is 7.44. The first-order valence-corrected chi connectivity index (χ1v) is 10.3. The Morgan fingerprint density at radius 3 is 2.68 bits per heavy atom. The van der Waals surface area contributed by atoms with Crippen molar-refractivity contribution in [3.63, 3.8) is 0 Å². The Bertz CT molecular complexity index is 844. The van der Waals surface area contributed by atoms with Crippen LogP contribution >= 0.6 is 0 Å². The third-order valence-corrected chi connectivity index (χ3v) is 6.54. The van der Waals surface area contributed by atoms with E-state index in [1.165, 1.54) is 4.90 Å². The topological polar surface area (TPSA) is 83.2 Å². The van der Waals surface area contributed by atoms with Gasteiger partial charge in [-0.2, -0.15) is 5.26 Å². The summed E-state index contributed by atoms with van der Waals surface area (Å²) in [7, 11) is -1.51. The highest BCUT2D eigenvalue weighted by Gasteiger charge is 2.33. The number of sulfone groups is 1. The van der Waals surface area contributed by atoms with Gasteiger partial charge >= 0.3 is 0 Å². The first-order valence-electron chi connectivity index (χ1n) is 8.46. The molecule has 1 fully saturated rings. The first-order chi connectivity index (χ1) is 11.7. The number of aryl methyl sites for hydroxylation is 1. The van der Waals surface area contributed by atoms with E-state index in [9.17, 15) is 18.5 Å². The van der Waals surface area contributed by atoms with Crippen molar-refractivity contribution >= 4 is 21.8 Å². The predicted octanol–water partition coefficient (Wildman–Crippen LogP) is 2.07. The fraction of sp³-hybridized carbons (Fsp3) is 0.556. The number of rotatable bonds is 5. The highest BCUT2D eigenvalue weighted by atomic mass is 32.2. The predicted molar refractivity (Wildman–Crippen MR) is 97.6 cm³/mol. The summed E-state index contributed by atoms with van der Waals surface area (Å²) in [5.74, 6) is -0.359. The summed E-state index contributed by atoms with van der Waals surface area (Å²) in [6.45, 7) is 6.97. The third kappa shape index (κ3) is 4.13. The molecule has 0 N–H and O–H groups in total. The number of carbonyl (C=O) groups excluding carboxylic acids is 1. The van der Waals surface area contributed by atoms with Gasteiger partial charge in [0, 0.05) is 31.0 Å². The molecule has 0 aromatic carbocycles. The number of nitriles is 1. The average Bonchev–Trinajstić information content (AvgIpc) is 3.05. The van der Waals surface area contributed by atoms with Gasteiger partial charge in [0.05, 0.1) is 11.5 Å². The average molecular weight is 363 g/mol. The maximum absolute atomic E-state index is 12.6. The fourth-order valence-corrected chi connectivity index (χ4v) is 5.05. The van der Waals surface area contributed by atoms with Gasteiger partial charge in [0.2, 0.25) is 0 Å². The van der Waals surface area contributed by atoms with Crippen LogP contribution in [-0.2, 0) is 21.2 Å². The van der Waals surface area contributed by atoms with Crippen LogP contribution in [0.3, 0.4) is 0 Å². The van der Waals surface area contributed by atoms with E-state index in [0.717, 1.165) is 29.9 Å². The Hall–Kier alpha value is -2.07. The quantitative estimate of drug-likeness (QED) is 0.592. The molecule has 1 aliphatic heterocycles. The van der Waals surface area contributed by atoms with Gasteiger partial charge in [0.15, 0.2) is 9.84 Å². The zero-order valence-electron chi connectivity index (χ0n) is 15.2. The van der Waals surface area contributed by atoms with E-state index in [-0.39, 0.29) is 23.1 Å². The normalized spacial score (nSPS) is 19.6. The van der Waals surface area contributed by atoms with E-state index in [1.807, 2.05) is 26.0 Å². The number of hydrogen-bond acceptors (Lipinski definition) is 4. The Balaban J connectivity index is 2.27. The van der Waals surface area contributed by atoms with Gasteiger partial charge in [0.25, 0.3) is 5.91 Å². The van der Waals surface area contributed by atoms with Crippen LogP contribution in [-0.4, -0.2) is 48.4 Å². The second-order valence-electron chi connectivity index (χ2n) is 6.62. The minimum absolute atomic E-state index is 0.0288. The molecular formula is C18H25N3O3S. The van der Waals surface area contributed by atoms with Crippen molar-refractivity contribution in [2.75, 3.05) is 18.6 Å². The molecule has 7 heteroatoms. The van der Waals surface area contributed by atoms with Gasteiger partial charge in [-0.15, -0.1) is 0 Å². The van der Waals surface area contributed by atoms with Crippen molar-refractivity contribution in [2.45, 2.75) is 46.2 Å². The molecule has 0 bridgehead atoms. The summed E-state index contributed by atoms with van der Waals surface area (Å²) in [4.78, 5) is 14.0. The number of carbonyl (C=O) groups is 1. The highest BCUT2D eigenvalue weighted by molar-refractivity contribution is 7.91. The molecule has 1 aromatic heterocycles. The van der Waals surface area contributed by atoms with E-state index in [4.69, 9.17) is 0 Å². The molecule has 1 saturated heterocycles. The molecule has 0 aliphatic carbocycles. The zero-order valence-corrected chi connectivity index (χ0v) is 16.1. The molecule has 1 atom stereocenters. The van der Waals surface area contributed by atoms with Gasteiger partial charge in [0.1, 0.15) is 11.6 Å². The summed E-state index contributed by atoms with van der Waals surface area (Å²) in [6, 6.07) is 3.58. The zero-order chi connectivity index (χ0) is 18.8. The Labute approximate surface area is 149 Å². The SMILES string of the molecule is CCCn1c(C)cc(/C=C(\C#N)C(=O)N(C)C2CCS(=O)(=O)C2)c1C. The van der Waals surface area contributed by atoms with E-state index < -0.39 is 15.7 Å². The summed E-state index contributed by atoms with van der Waals surface area (Å²) < 4.78 is 25.4. The highest BCUT2D eigenvalue weighted by Crippen LogP contribution is 2.21. The van der Waals surface area contributed by atoms with Crippen molar-refractivity contribution in [1.82, 2.24) is 9.47 Å². The van der Waals surface area contributed by atoms with E-state index >= 15 is 0 Å². The summed E-state index contributed by atoms with van der Waals surface area (Å²) in [5.41, 5.74) is 2.99. The Kier molecular flexibility index (Phi) is 5.73. The van der Waals surface area contributed by atoms with Crippen LogP contribution in [0.5, 0.6) is 0 Å². The molecular weight excluding hydrogens is 338 g/mol. The van der Waals surface area contributed by atoms with Gasteiger partial charge in [-0.25, -0.2) is 8.42 Å². The number of likely N-dealkylation sites (N-methyl/N-ethyl adjacent to an activating group) is 1. The molecule has 0 radical (unpaired) electrons. The minimum Gasteiger partial charge on any atom is -0.349 e. The van der Waals surface area contributed by atoms with Crippen LogP contribution in [0.4, 0.5) is 0 Å². The molecule has 0 spiro atoms. The second-order valence-corrected chi connectivity index (χ2v) is 8.85. The third-order valence-electron chi connectivity index (χ3n) is 4.79. The first kappa shape index (κ1) is 19.3. The number of amides is 1. The van der Waals surface area contributed by atoms with Crippen LogP contribution in [0.1, 0.15) is 36.7 Å². The molecule has 1 unspecified atom stereocenters. The lowest BCUT2D eigenvalue weighted by Crippen LogP contribution is -2.38. The maximum Gasteiger partial charge on any atom is 0.264 e. The van der Waals surface area contributed by atoms with E-state index in [2.05, 4.69) is 11.5 Å². The van der Waals surface area contributed by atoms with Gasteiger partial charge in [-0.3, -0.25) is 4.79 Å². The lowest BCUT2D eigenvalue weighted by atomic mass is 10.1. The molecule has 1 amide bonds. The number of nitrogens with zero attached hydrogens (tertiary/aromatic N) is 3. The molecule has 136 valence electrons. The minimum atomic E-state index is -3.08.